The Bertz CT molecular complexity index is 527. The van der Waals surface area contributed by atoms with Crippen LogP contribution >= 0.6 is 0 Å². The van der Waals surface area contributed by atoms with Gasteiger partial charge in [-0.05, 0) is 6.07 Å². The normalized spacial score (nSPS) is 30.9. The van der Waals surface area contributed by atoms with Gasteiger partial charge in [-0.1, -0.05) is 18.2 Å². The van der Waals surface area contributed by atoms with Crippen LogP contribution < -0.4 is 4.90 Å². The minimum Gasteiger partial charge on any atom is -0.454 e. The van der Waals surface area contributed by atoms with Crippen molar-refractivity contribution in [2.45, 2.75) is 18.1 Å². The van der Waals surface area contributed by atoms with Crippen molar-refractivity contribution in [3.8, 4) is 0 Å². The summed E-state index contributed by atoms with van der Waals surface area (Å²) in [5, 5.41) is 10.3. The highest BCUT2D eigenvalue weighted by atomic mass is 16.6. The third kappa shape index (κ3) is 1.17. The fraction of sp³-hybridized carbons (Fsp3) is 0.333. The zero-order valence-corrected chi connectivity index (χ0v) is 9.21. The van der Waals surface area contributed by atoms with E-state index in [2.05, 4.69) is 0 Å². The summed E-state index contributed by atoms with van der Waals surface area (Å²) >= 11 is 0. The molecule has 1 saturated heterocycles. The zero-order valence-electron chi connectivity index (χ0n) is 9.21. The number of fused-ring (bicyclic) bond motifs is 3. The molecule has 2 heterocycles. The molecule has 0 aliphatic carbocycles. The van der Waals surface area contributed by atoms with Gasteiger partial charge in [-0.3, -0.25) is 9.59 Å². The van der Waals surface area contributed by atoms with Gasteiger partial charge in [0.05, 0.1) is 12.1 Å². The SMILES string of the molecule is CN1C(=O)[C@]2(O)CC(=O)OC2c2ccccc21. The van der Waals surface area contributed by atoms with Crippen LogP contribution in [0.2, 0.25) is 0 Å². The Morgan fingerprint density at radius 1 is 1.41 bits per heavy atom. The zero-order chi connectivity index (χ0) is 12.2. The van der Waals surface area contributed by atoms with Crippen LogP contribution in [0.15, 0.2) is 24.3 Å². The first-order valence-electron chi connectivity index (χ1n) is 5.33. The second kappa shape index (κ2) is 3.07. The van der Waals surface area contributed by atoms with E-state index in [4.69, 9.17) is 4.74 Å². The monoisotopic (exact) mass is 233 g/mol. The average molecular weight is 233 g/mol. The number of hydrogen-bond donors (Lipinski definition) is 1. The smallest absolute Gasteiger partial charge is 0.310 e. The van der Waals surface area contributed by atoms with E-state index >= 15 is 0 Å². The molecule has 88 valence electrons. The number of amides is 1. The number of para-hydroxylation sites is 1. The number of carbonyl (C=O) groups excluding carboxylic acids is 2. The molecule has 5 nitrogen and oxygen atoms in total. The molecule has 0 aromatic heterocycles. The van der Waals surface area contributed by atoms with E-state index in [0.717, 1.165) is 0 Å². The molecule has 1 unspecified atom stereocenters. The lowest BCUT2D eigenvalue weighted by Gasteiger charge is -2.37. The second-order valence-corrected chi connectivity index (χ2v) is 4.39. The number of likely N-dealkylation sites (N-methyl/N-ethyl adjacent to an activating group) is 1. The van der Waals surface area contributed by atoms with Gasteiger partial charge < -0.3 is 14.7 Å². The minimum atomic E-state index is -1.75. The maximum atomic E-state index is 12.1. The average Bonchev–Trinajstić information content (AvgIpc) is 2.63. The Labute approximate surface area is 97.6 Å². The summed E-state index contributed by atoms with van der Waals surface area (Å²) in [4.78, 5) is 24.8. The van der Waals surface area contributed by atoms with Crippen molar-refractivity contribution < 1.29 is 19.4 Å². The first-order chi connectivity index (χ1) is 8.04. The van der Waals surface area contributed by atoms with Crippen molar-refractivity contribution in [1.29, 1.82) is 0 Å². The molecule has 0 spiro atoms. The molecule has 1 aromatic carbocycles. The lowest BCUT2D eigenvalue weighted by molar-refractivity contribution is -0.147. The van der Waals surface area contributed by atoms with Crippen molar-refractivity contribution in [1.82, 2.24) is 0 Å². The van der Waals surface area contributed by atoms with Crippen LogP contribution in [0, 0.1) is 0 Å². The molecule has 1 amide bonds. The molecule has 2 aliphatic heterocycles. The van der Waals surface area contributed by atoms with Gasteiger partial charge in [0.15, 0.2) is 11.7 Å². The van der Waals surface area contributed by atoms with Crippen LogP contribution in [0.25, 0.3) is 0 Å². The number of nitrogens with zero attached hydrogens (tertiary/aromatic N) is 1. The molecule has 0 radical (unpaired) electrons. The van der Waals surface area contributed by atoms with Crippen LogP contribution in [-0.4, -0.2) is 29.6 Å². The Kier molecular flexibility index (Phi) is 1.86. The maximum Gasteiger partial charge on any atom is 0.310 e. The van der Waals surface area contributed by atoms with E-state index in [0.29, 0.717) is 11.3 Å². The third-order valence-corrected chi connectivity index (χ3v) is 3.35. The van der Waals surface area contributed by atoms with E-state index in [9.17, 15) is 14.7 Å². The Morgan fingerprint density at radius 3 is 2.88 bits per heavy atom. The van der Waals surface area contributed by atoms with Crippen molar-refractivity contribution >= 4 is 17.6 Å². The fourth-order valence-electron chi connectivity index (χ4n) is 2.51. The van der Waals surface area contributed by atoms with Crippen molar-refractivity contribution in [2.75, 3.05) is 11.9 Å². The number of ether oxygens (including phenoxy) is 1. The number of rotatable bonds is 0. The molecule has 5 heteroatoms. The number of hydrogen-bond acceptors (Lipinski definition) is 4. The minimum absolute atomic E-state index is 0.283. The Balaban J connectivity index is 2.23. The van der Waals surface area contributed by atoms with E-state index in [-0.39, 0.29) is 6.42 Å². The molecule has 1 fully saturated rings. The number of carbonyl (C=O) groups is 2. The van der Waals surface area contributed by atoms with Gasteiger partial charge in [-0.25, -0.2) is 0 Å². The first-order valence-corrected chi connectivity index (χ1v) is 5.33. The van der Waals surface area contributed by atoms with E-state index < -0.39 is 23.6 Å². The van der Waals surface area contributed by atoms with Gasteiger partial charge in [0.1, 0.15) is 0 Å². The van der Waals surface area contributed by atoms with Crippen molar-refractivity contribution in [2.24, 2.45) is 0 Å². The number of aliphatic hydroxyl groups is 1. The fourth-order valence-corrected chi connectivity index (χ4v) is 2.51. The maximum absolute atomic E-state index is 12.1. The van der Waals surface area contributed by atoms with Gasteiger partial charge >= 0.3 is 5.97 Å². The second-order valence-electron chi connectivity index (χ2n) is 4.39. The molecule has 0 bridgehead atoms. The van der Waals surface area contributed by atoms with Crippen LogP contribution in [0.5, 0.6) is 0 Å². The first kappa shape index (κ1) is 10.3. The molecule has 17 heavy (non-hydrogen) atoms. The van der Waals surface area contributed by atoms with Crippen LogP contribution in [0.3, 0.4) is 0 Å². The summed E-state index contributed by atoms with van der Waals surface area (Å²) in [5.74, 6) is -1.04. The summed E-state index contributed by atoms with van der Waals surface area (Å²) in [5.41, 5.74) is -0.412. The number of benzene rings is 1. The molecule has 2 atom stereocenters. The van der Waals surface area contributed by atoms with Crippen molar-refractivity contribution in [3.05, 3.63) is 29.8 Å². The van der Waals surface area contributed by atoms with Gasteiger partial charge in [0, 0.05) is 12.6 Å². The topological polar surface area (TPSA) is 66.8 Å². The molecule has 0 saturated carbocycles. The van der Waals surface area contributed by atoms with Gasteiger partial charge in [-0.15, -0.1) is 0 Å². The number of anilines is 1. The van der Waals surface area contributed by atoms with E-state index in [1.807, 2.05) is 0 Å². The summed E-state index contributed by atoms with van der Waals surface area (Å²) in [6.45, 7) is 0. The van der Waals surface area contributed by atoms with E-state index in [1.165, 1.54) is 4.90 Å². The van der Waals surface area contributed by atoms with Crippen LogP contribution in [-0.2, 0) is 14.3 Å². The quantitative estimate of drug-likeness (QED) is 0.658. The Morgan fingerprint density at radius 2 is 2.12 bits per heavy atom. The molecule has 1 N–H and O–H groups in total. The molecule has 3 rings (SSSR count). The van der Waals surface area contributed by atoms with E-state index in [1.54, 1.807) is 31.3 Å². The highest BCUT2D eigenvalue weighted by Crippen LogP contribution is 2.47. The predicted octanol–water partition coefficient (Wildman–Crippen LogP) is 0.382. The lowest BCUT2D eigenvalue weighted by atomic mass is 9.84. The summed E-state index contributed by atoms with van der Waals surface area (Å²) in [6.07, 6.45) is -1.16. The van der Waals surface area contributed by atoms with Crippen LogP contribution in [0.4, 0.5) is 5.69 Å². The third-order valence-electron chi connectivity index (χ3n) is 3.35. The molecule has 2 aliphatic rings. The molecule has 1 aromatic rings. The van der Waals surface area contributed by atoms with Crippen molar-refractivity contribution in [3.63, 3.8) is 0 Å². The largest absolute Gasteiger partial charge is 0.454 e. The van der Waals surface area contributed by atoms with Gasteiger partial charge in [0.2, 0.25) is 0 Å². The molecular weight excluding hydrogens is 222 g/mol. The summed E-state index contributed by atoms with van der Waals surface area (Å²) < 4.78 is 5.08. The summed E-state index contributed by atoms with van der Waals surface area (Å²) in [6, 6.07) is 7.10. The highest BCUT2D eigenvalue weighted by Gasteiger charge is 2.58. The lowest BCUT2D eigenvalue weighted by Crippen LogP contribution is -2.53. The van der Waals surface area contributed by atoms with Gasteiger partial charge in [0.25, 0.3) is 5.91 Å². The Hall–Kier alpha value is -1.88. The van der Waals surface area contributed by atoms with Crippen LogP contribution in [0.1, 0.15) is 18.1 Å². The number of esters is 1. The predicted molar refractivity (Wildman–Crippen MR) is 58.3 cm³/mol. The van der Waals surface area contributed by atoms with Gasteiger partial charge in [-0.2, -0.15) is 0 Å². The standard InChI is InChI=1S/C12H11NO4/c1-13-8-5-3-2-4-7(8)10-12(16,11(13)15)6-9(14)17-10/h2-5,10,16H,6H2,1H3/t10?,12-/m0/s1. The highest BCUT2D eigenvalue weighted by molar-refractivity contribution is 6.05. The molecular formula is C12H11NO4. The summed E-state index contributed by atoms with van der Waals surface area (Å²) in [7, 11) is 1.58.